The lowest BCUT2D eigenvalue weighted by atomic mass is 10.00. The van der Waals surface area contributed by atoms with E-state index in [1.807, 2.05) is 20.8 Å². The van der Waals surface area contributed by atoms with Crippen molar-refractivity contribution in [1.82, 2.24) is 9.72 Å². The maximum absolute atomic E-state index is 14.3. The number of carboxylic acid groups (broad SMARTS) is 1. The third-order valence-corrected chi connectivity index (χ3v) is 6.10. The summed E-state index contributed by atoms with van der Waals surface area (Å²) in [6.07, 6.45) is 4.17. The van der Waals surface area contributed by atoms with E-state index >= 15 is 0 Å². The standard InChI is InChI=1S/C25H19Cl2FN2O4/c1-12(2)24-21(23(29-34-24)20-15(26)8-9-16(28)22(20)27)25(33)30-11-13(3)19-14(7-10-18(31)32)5-4-6-17(19)30/h4-12H,1-3H3,(H,31,32)/b10-7+. The Bertz CT molecular complexity index is 1480. The molecule has 2 aromatic heterocycles. The summed E-state index contributed by atoms with van der Waals surface area (Å²) in [6.45, 7) is 5.50. The van der Waals surface area contributed by atoms with Crippen LogP contribution in [0.3, 0.4) is 0 Å². The van der Waals surface area contributed by atoms with Gasteiger partial charge in [-0.2, -0.15) is 0 Å². The lowest BCUT2D eigenvalue weighted by molar-refractivity contribution is -0.131. The van der Waals surface area contributed by atoms with Gasteiger partial charge in [0, 0.05) is 29.1 Å². The van der Waals surface area contributed by atoms with Crippen molar-refractivity contribution in [1.29, 1.82) is 0 Å². The van der Waals surface area contributed by atoms with Gasteiger partial charge in [-0.1, -0.05) is 54.3 Å². The first-order chi connectivity index (χ1) is 16.1. The summed E-state index contributed by atoms with van der Waals surface area (Å²) in [7, 11) is 0. The molecule has 2 aromatic carbocycles. The molecule has 0 aliphatic rings. The maximum atomic E-state index is 14.3. The van der Waals surface area contributed by atoms with E-state index in [1.54, 1.807) is 24.4 Å². The second-order valence-electron chi connectivity index (χ2n) is 8.04. The number of fused-ring (bicyclic) bond motifs is 1. The molecule has 9 heteroatoms. The van der Waals surface area contributed by atoms with E-state index in [0.29, 0.717) is 16.8 Å². The van der Waals surface area contributed by atoms with Crippen LogP contribution in [0.15, 0.2) is 47.1 Å². The van der Waals surface area contributed by atoms with Gasteiger partial charge in [0.15, 0.2) is 5.76 Å². The summed E-state index contributed by atoms with van der Waals surface area (Å²) in [4.78, 5) is 24.9. The van der Waals surface area contributed by atoms with Gasteiger partial charge in [0.1, 0.15) is 17.1 Å². The summed E-state index contributed by atoms with van der Waals surface area (Å²) < 4.78 is 21.2. The summed E-state index contributed by atoms with van der Waals surface area (Å²) in [6, 6.07) is 7.72. The average molecular weight is 501 g/mol. The fourth-order valence-corrected chi connectivity index (χ4v) is 4.47. The van der Waals surface area contributed by atoms with E-state index in [1.165, 1.54) is 16.7 Å². The zero-order valence-electron chi connectivity index (χ0n) is 18.4. The second kappa shape index (κ2) is 9.08. The van der Waals surface area contributed by atoms with Crippen molar-refractivity contribution in [2.45, 2.75) is 26.7 Å². The van der Waals surface area contributed by atoms with Crippen molar-refractivity contribution >= 4 is 52.1 Å². The molecule has 174 valence electrons. The first-order valence-electron chi connectivity index (χ1n) is 10.3. The molecule has 4 rings (SSSR count). The van der Waals surface area contributed by atoms with Gasteiger partial charge in [-0.25, -0.2) is 9.18 Å². The van der Waals surface area contributed by atoms with Gasteiger partial charge in [-0.05, 0) is 42.3 Å². The van der Waals surface area contributed by atoms with Crippen LogP contribution in [0.2, 0.25) is 10.0 Å². The van der Waals surface area contributed by atoms with Crippen LogP contribution in [0.5, 0.6) is 0 Å². The molecule has 0 saturated heterocycles. The van der Waals surface area contributed by atoms with Gasteiger partial charge >= 0.3 is 5.97 Å². The summed E-state index contributed by atoms with van der Waals surface area (Å²) >= 11 is 12.5. The highest BCUT2D eigenvalue weighted by Crippen LogP contribution is 2.40. The Hall–Kier alpha value is -3.42. The van der Waals surface area contributed by atoms with Crippen LogP contribution in [0.1, 0.15) is 47.0 Å². The number of carboxylic acids is 1. The quantitative estimate of drug-likeness (QED) is 0.236. The molecule has 0 bridgehead atoms. The van der Waals surface area contributed by atoms with Crippen LogP contribution in [0.25, 0.3) is 28.2 Å². The third-order valence-electron chi connectivity index (χ3n) is 5.41. The minimum absolute atomic E-state index is 0.0460. The molecule has 0 aliphatic heterocycles. The first kappa shape index (κ1) is 23.7. The van der Waals surface area contributed by atoms with Gasteiger partial charge in [-0.3, -0.25) is 9.36 Å². The first-order valence-corrected chi connectivity index (χ1v) is 11.1. The Labute approximate surface area is 204 Å². The molecule has 0 amide bonds. The molecule has 0 atom stereocenters. The Kier molecular flexibility index (Phi) is 6.34. The highest BCUT2D eigenvalue weighted by atomic mass is 35.5. The Morgan fingerprint density at radius 1 is 1.21 bits per heavy atom. The Balaban J connectivity index is 1.97. The van der Waals surface area contributed by atoms with E-state index in [-0.39, 0.29) is 32.8 Å². The van der Waals surface area contributed by atoms with Gasteiger partial charge in [0.05, 0.1) is 15.6 Å². The number of aliphatic carboxylic acids is 1. The Morgan fingerprint density at radius 2 is 1.94 bits per heavy atom. The van der Waals surface area contributed by atoms with Crippen molar-refractivity contribution in [2.24, 2.45) is 0 Å². The number of aryl methyl sites for hydroxylation is 1. The van der Waals surface area contributed by atoms with Crippen molar-refractivity contribution in [3.8, 4) is 11.3 Å². The van der Waals surface area contributed by atoms with E-state index in [2.05, 4.69) is 5.16 Å². The number of aromatic nitrogens is 2. The zero-order chi connectivity index (χ0) is 24.7. The molecular weight excluding hydrogens is 482 g/mol. The average Bonchev–Trinajstić information content (AvgIpc) is 3.37. The third kappa shape index (κ3) is 4.02. The zero-order valence-corrected chi connectivity index (χ0v) is 19.9. The molecule has 0 spiro atoms. The van der Waals surface area contributed by atoms with E-state index in [9.17, 15) is 14.0 Å². The lowest BCUT2D eigenvalue weighted by Crippen LogP contribution is -2.14. The molecule has 0 saturated carbocycles. The van der Waals surface area contributed by atoms with Crippen molar-refractivity contribution < 1.29 is 23.6 Å². The number of nitrogens with zero attached hydrogens (tertiary/aromatic N) is 2. The Morgan fingerprint density at radius 3 is 2.62 bits per heavy atom. The number of halogens is 3. The fourth-order valence-electron chi connectivity index (χ4n) is 3.92. The van der Waals surface area contributed by atoms with E-state index in [4.69, 9.17) is 32.8 Å². The molecule has 34 heavy (non-hydrogen) atoms. The van der Waals surface area contributed by atoms with Crippen LogP contribution in [0, 0.1) is 12.7 Å². The summed E-state index contributed by atoms with van der Waals surface area (Å²) in [5.41, 5.74) is 2.21. The van der Waals surface area contributed by atoms with Gasteiger partial charge in [0.25, 0.3) is 5.91 Å². The number of carbonyl (C=O) groups is 2. The fraction of sp³-hybridized carbons (Fsp3) is 0.160. The number of carbonyl (C=O) groups excluding carboxylic acids is 1. The van der Waals surface area contributed by atoms with Crippen LogP contribution < -0.4 is 0 Å². The molecule has 4 aromatic rings. The summed E-state index contributed by atoms with van der Waals surface area (Å²) in [5.74, 6) is -2.16. The van der Waals surface area contributed by atoms with Crippen LogP contribution in [-0.2, 0) is 4.79 Å². The molecule has 0 fully saturated rings. The molecule has 1 N–H and O–H groups in total. The van der Waals surface area contributed by atoms with Crippen LogP contribution >= 0.6 is 23.2 Å². The second-order valence-corrected chi connectivity index (χ2v) is 8.83. The number of hydrogen-bond donors (Lipinski definition) is 1. The number of hydrogen-bond acceptors (Lipinski definition) is 4. The molecule has 2 heterocycles. The monoisotopic (exact) mass is 500 g/mol. The molecule has 6 nitrogen and oxygen atoms in total. The predicted octanol–water partition coefficient (Wildman–Crippen LogP) is 6.96. The molecule has 0 radical (unpaired) electrons. The smallest absolute Gasteiger partial charge is 0.328 e. The molecular formula is C25H19Cl2FN2O4. The van der Waals surface area contributed by atoms with Crippen molar-refractivity contribution in [3.63, 3.8) is 0 Å². The SMILES string of the molecule is Cc1cn(C(=O)c2c(-c3c(Cl)ccc(F)c3Cl)noc2C(C)C)c2cccc(/C=C/C(=O)O)c12. The maximum Gasteiger partial charge on any atom is 0.328 e. The van der Waals surface area contributed by atoms with Crippen molar-refractivity contribution in [3.05, 3.63) is 80.9 Å². The van der Waals surface area contributed by atoms with Crippen LogP contribution in [-0.4, -0.2) is 26.7 Å². The summed E-state index contributed by atoms with van der Waals surface area (Å²) in [5, 5.41) is 13.6. The van der Waals surface area contributed by atoms with Crippen LogP contribution in [0.4, 0.5) is 4.39 Å². The van der Waals surface area contributed by atoms with Crippen molar-refractivity contribution in [2.75, 3.05) is 0 Å². The molecule has 0 unspecified atom stereocenters. The normalized spacial score (nSPS) is 11.7. The van der Waals surface area contributed by atoms with Gasteiger partial charge < -0.3 is 9.63 Å². The number of rotatable bonds is 5. The van der Waals surface area contributed by atoms with Gasteiger partial charge in [-0.15, -0.1) is 0 Å². The van der Waals surface area contributed by atoms with E-state index < -0.39 is 17.7 Å². The molecule has 0 aliphatic carbocycles. The highest BCUT2D eigenvalue weighted by Gasteiger charge is 2.30. The number of benzene rings is 2. The van der Waals surface area contributed by atoms with Gasteiger partial charge in [0.2, 0.25) is 0 Å². The topological polar surface area (TPSA) is 85.3 Å². The van der Waals surface area contributed by atoms with E-state index in [0.717, 1.165) is 23.1 Å². The minimum atomic E-state index is -1.08. The lowest BCUT2D eigenvalue weighted by Gasteiger charge is -2.10. The largest absolute Gasteiger partial charge is 0.478 e. The minimum Gasteiger partial charge on any atom is -0.478 e. The predicted molar refractivity (Wildman–Crippen MR) is 129 cm³/mol. The highest BCUT2D eigenvalue weighted by molar-refractivity contribution is 6.39.